The Hall–Kier alpha value is -3.54. The largest absolute Gasteiger partial charge is 0.369 e. The van der Waals surface area contributed by atoms with Gasteiger partial charge in [0.2, 0.25) is 0 Å². The highest BCUT2D eigenvalue weighted by molar-refractivity contribution is 7.94. The van der Waals surface area contributed by atoms with Gasteiger partial charge >= 0.3 is 0 Å². The fraction of sp³-hybridized carbons (Fsp3) is 0.136. The minimum absolute atomic E-state index is 0.0208. The van der Waals surface area contributed by atoms with Crippen molar-refractivity contribution in [1.82, 2.24) is 0 Å². The maximum absolute atomic E-state index is 11.9. The first-order valence-electron chi connectivity index (χ1n) is 10.6. The summed E-state index contributed by atoms with van der Waals surface area (Å²) in [7, 11) is -13.3. The lowest BCUT2D eigenvalue weighted by Gasteiger charge is -2.21. The van der Waals surface area contributed by atoms with Crippen molar-refractivity contribution in [3.63, 3.8) is 0 Å². The summed E-state index contributed by atoms with van der Waals surface area (Å²) < 4.78 is 89.5. The van der Waals surface area contributed by atoms with E-state index < -0.39 is 52.1 Å². The van der Waals surface area contributed by atoms with Gasteiger partial charge < -0.3 is 5.11 Å². The number of rotatable bonds is 7. The third-order valence-corrected chi connectivity index (χ3v) is 8.71. The predicted molar refractivity (Wildman–Crippen MR) is 137 cm³/mol. The van der Waals surface area contributed by atoms with Crippen LogP contribution < -0.4 is 5.01 Å². The highest BCUT2D eigenvalue weighted by Gasteiger charge is 2.35. The van der Waals surface area contributed by atoms with E-state index in [1.54, 1.807) is 6.92 Å². The molecule has 1 heterocycles. The molecule has 16 heteroatoms. The van der Waals surface area contributed by atoms with E-state index >= 15 is 0 Å². The third kappa shape index (κ3) is 5.35. The van der Waals surface area contributed by atoms with Crippen molar-refractivity contribution >= 4 is 57.9 Å². The Balaban J connectivity index is 1.65. The minimum atomic E-state index is -4.83. The quantitative estimate of drug-likeness (QED) is 0.275. The Morgan fingerprint density at radius 2 is 1.58 bits per heavy atom. The number of azo groups is 1. The molecule has 0 radical (unpaired) electrons. The summed E-state index contributed by atoms with van der Waals surface area (Å²) in [5, 5.41) is 25.3. The molecule has 0 fully saturated rings. The first kappa shape index (κ1) is 27.5. The van der Waals surface area contributed by atoms with Crippen LogP contribution in [0.3, 0.4) is 0 Å². The van der Waals surface area contributed by atoms with Gasteiger partial charge in [0, 0.05) is 10.8 Å². The van der Waals surface area contributed by atoms with Crippen LogP contribution in [0.2, 0.25) is 0 Å². The van der Waals surface area contributed by atoms with E-state index in [-0.39, 0.29) is 21.4 Å². The zero-order chi connectivity index (χ0) is 28.0. The van der Waals surface area contributed by atoms with Gasteiger partial charge in [-0.1, -0.05) is 12.6 Å². The number of sulfone groups is 1. The van der Waals surface area contributed by atoms with Crippen LogP contribution in [0.5, 0.6) is 0 Å². The number of hydrazone groups is 1. The number of anilines is 1. The van der Waals surface area contributed by atoms with Gasteiger partial charge in [-0.05, 0) is 60.8 Å². The van der Waals surface area contributed by atoms with Gasteiger partial charge in [0.15, 0.2) is 22.1 Å². The van der Waals surface area contributed by atoms with Crippen LogP contribution in [0, 0.1) is 0 Å². The van der Waals surface area contributed by atoms with Gasteiger partial charge in [-0.2, -0.15) is 32.2 Å². The third-order valence-electron chi connectivity index (χ3n) is 5.62. The molecule has 0 amide bonds. The molecule has 2 atom stereocenters. The fourth-order valence-electron chi connectivity index (χ4n) is 3.73. The van der Waals surface area contributed by atoms with Crippen LogP contribution in [0.25, 0.3) is 10.8 Å². The van der Waals surface area contributed by atoms with Gasteiger partial charge in [0.05, 0.1) is 26.9 Å². The number of nitrogens with zero attached hydrogens (tertiary/aromatic N) is 4. The highest BCUT2D eigenvalue weighted by atomic mass is 32.2. The first-order valence-corrected chi connectivity index (χ1v) is 15.0. The van der Waals surface area contributed by atoms with Gasteiger partial charge in [-0.3, -0.25) is 9.11 Å². The lowest BCUT2D eigenvalue weighted by molar-refractivity contribution is 0.170. The molecule has 0 aromatic heterocycles. The van der Waals surface area contributed by atoms with E-state index in [1.807, 2.05) is 0 Å². The molecular formula is C22H20N4O9S3. The molecule has 3 N–H and O–H groups in total. The molecule has 13 nitrogen and oxygen atoms in total. The average molecular weight is 581 g/mol. The van der Waals surface area contributed by atoms with Crippen molar-refractivity contribution in [3.05, 3.63) is 66.6 Å². The molecule has 3 aromatic carbocycles. The van der Waals surface area contributed by atoms with Crippen molar-refractivity contribution in [1.29, 1.82) is 0 Å². The molecule has 38 heavy (non-hydrogen) atoms. The SMILES string of the molecule is C=CS(=O)(=O)c1ccc(N2N=C(C)C(/N=N/c3ccc4c(S(=O)(=O)O)cc(S(=O)(=O)O)cc4c3)C2O)cc1. The predicted octanol–water partition coefficient (Wildman–Crippen LogP) is 2.92. The smallest absolute Gasteiger partial charge is 0.295 e. The maximum atomic E-state index is 11.9. The molecule has 0 spiro atoms. The summed E-state index contributed by atoms with van der Waals surface area (Å²) in [5.74, 6) is 0. The van der Waals surface area contributed by atoms with Crippen molar-refractivity contribution < 1.29 is 39.5 Å². The summed E-state index contributed by atoms with van der Waals surface area (Å²) in [5.41, 5.74) is 0.912. The number of aliphatic hydroxyl groups is 1. The highest BCUT2D eigenvalue weighted by Crippen LogP contribution is 2.32. The number of fused-ring (bicyclic) bond motifs is 1. The summed E-state index contributed by atoms with van der Waals surface area (Å²) in [6.45, 7) is 4.87. The van der Waals surface area contributed by atoms with Crippen LogP contribution in [0.1, 0.15) is 6.92 Å². The van der Waals surface area contributed by atoms with E-state index in [1.165, 1.54) is 47.5 Å². The zero-order valence-corrected chi connectivity index (χ0v) is 21.9. The number of hydrogen-bond donors (Lipinski definition) is 3. The Labute approximate surface area is 217 Å². The molecule has 2 unspecified atom stereocenters. The topological polar surface area (TPSA) is 203 Å². The molecule has 0 aliphatic carbocycles. The minimum Gasteiger partial charge on any atom is -0.369 e. The Kier molecular flexibility index (Phi) is 6.98. The molecular weight excluding hydrogens is 560 g/mol. The summed E-state index contributed by atoms with van der Waals surface area (Å²) in [6.07, 6.45) is -1.29. The Morgan fingerprint density at radius 1 is 0.921 bits per heavy atom. The van der Waals surface area contributed by atoms with Crippen molar-refractivity contribution in [3.8, 4) is 0 Å². The standard InChI is InChI=1S/C22H20N4O9S3/c1-3-36(28,29)17-7-5-16(6-8-17)26-22(27)21(13(2)25-26)24-23-15-4-9-19-14(10-15)11-18(37(30,31)32)12-20(19)38(33,34)35/h3-12,21-22,27H,1H2,2H3,(H,30,31,32)(H,33,34,35)/b24-23+. The van der Waals surface area contributed by atoms with Gasteiger partial charge in [0.25, 0.3) is 20.2 Å². The maximum Gasteiger partial charge on any atom is 0.295 e. The van der Waals surface area contributed by atoms with E-state index in [4.69, 9.17) is 0 Å². The molecule has 0 saturated carbocycles. The summed E-state index contributed by atoms with van der Waals surface area (Å²) in [6, 6.07) is 10.2. The molecule has 3 aromatic rings. The van der Waals surface area contributed by atoms with Crippen LogP contribution in [-0.2, 0) is 30.1 Å². The Bertz CT molecular complexity index is 1830. The zero-order valence-electron chi connectivity index (χ0n) is 19.4. The monoisotopic (exact) mass is 580 g/mol. The summed E-state index contributed by atoms with van der Waals surface area (Å²) >= 11 is 0. The second kappa shape index (κ2) is 9.64. The second-order valence-electron chi connectivity index (χ2n) is 8.14. The van der Waals surface area contributed by atoms with Gasteiger partial charge in [-0.15, -0.1) is 0 Å². The fourth-order valence-corrected chi connectivity index (χ4v) is 5.79. The molecule has 0 saturated heterocycles. The van der Waals surface area contributed by atoms with Crippen LogP contribution in [0.15, 0.2) is 96.6 Å². The van der Waals surface area contributed by atoms with Crippen molar-refractivity contribution in [2.75, 3.05) is 5.01 Å². The normalized spacial score (nSPS) is 18.7. The van der Waals surface area contributed by atoms with E-state index in [9.17, 15) is 39.5 Å². The average Bonchev–Trinajstić information content (AvgIpc) is 3.13. The number of aliphatic hydroxyl groups excluding tert-OH is 1. The molecule has 1 aliphatic rings. The van der Waals surface area contributed by atoms with E-state index in [0.29, 0.717) is 17.5 Å². The lowest BCUT2D eigenvalue weighted by atomic mass is 10.1. The van der Waals surface area contributed by atoms with Crippen molar-refractivity contribution in [2.45, 2.75) is 33.9 Å². The summed E-state index contributed by atoms with van der Waals surface area (Å²) in [4.78, 5) is -1.45. The molecule has 1 aliphatic heterocycles. The van der Waals surface area contributed by atoms with Crippen LogP contribution >= 0.6 is 0 Å². The van der Waals surface area contributed by atoms with E-state index in [2.05, 4.69) is 21.9 Å². The van der Waals surface area contributed by atoms with Crippen LogP contribution in [0.4, 0.5) is 11.4 Å². The Morgan fingerprint density at radius 3 is 2.16 bits per heavy atom. The number of hydrogen-bond acceptors (Lipinski definition) is 11. The molecule has 0 bridgehead atoms. The van der Waals surface area contributed by atoms with E-state index in [0.717, 1.165) is 11.5 Å². The van der Waals surface area contributed by atoms with Crippen LogP contribution in [-0.4, -0.2) is 57.4 Å². The first-order chi connectivity index (χ1) is 17.6. The van der Waals surface area contributed by atoms with Gasteiger partial charge in [0.1, 0.15) is 4.90 Å². The lowest BCUT2D eigenvalue weighted by Crippen LogP contribution is -2.35. The second-order valence-corrected chi connectivity index (χ2v) is 12.8. The molecule has 4 rings (SSSR count). The van der Waals surface area contributed by atoms with Gasteiger partial charge in [-0.25, -0.2) is 13.4 Å². The van der Waals surface area contributed by atoms with Crippen molar-refractivity contribution in [2.24, 2.45) is 15.3 Å². The molecule has 200 valence electrons. The number of benzene rings is 3.